The summed E-state index contributed by atoms with van der Waals surface area (Å²) in [6.45, 7) is 12.7. The molecule has 2 aliphatic rings. The van der Waals surface area contributed by atoms with E-state index in [4.69, 9.17) is 0 Å². The molecule has 2 heterocycles. The summed E-state index contributed by atoms with van der Waals surface area (Å²) in [6.07, 6.45) is 3.17. The molecule has 0 spiro atoms. The molecule has 2 aliphatic heterocycles. The summed E-state index contributed by atoms with van der Waals surface area (Å²) >= 11 is 0. The van der Waals surface area contributed by atoms with E-state index < -0.39 is 0 Å². The Labute approximate surface area is 163 Å². The van der Waals surface area contributed by atoms with Crippen molar-refractivity contribution in [3.05, 3.63) is 0 Å². The van der Waals surface area contributed by atoms with Crippen LogP contribution in [0.5, 0.6) is 0 Å². The topological polar surface area (TPSA) is 80.3 Å². The number of piperazine rings is 1. The minimum Gasteiger partial charge on any atom is -0.357 e. The zero-order valence-electron chi connectivity index (χ0n) is 17.2. The summed E-state index contributed by atoms with van der Waals surface area (Å²) in [5.41, 5.74) is 0. The average molecular weight is 381 g/mol. The van der Waals surface area contributed by atoms with E-state index >= 15 is 0 Å². The molecule has 2 rings (SSSR count). The third-order valence-corrected chi connectivity index (χ3v) is 5.22. The molecular weight excluding hydrogens is 344 g/mol. The zero-order chi connectivity index (χ0) is 19.6. The van der Waals surface area contributed by atoms with Crippen LogP contribution in [0.1, 0.15) is 40.0 Å². The lowest BCUT2D eigenvalue weighted by atomic mass is 10.2. The van der Waals surface area contributed by atoms with Crippen molar-refractivity contribution >= 4 is 17.8 Å². The fourth-order valence-electron chi connectivity index (χ4n) is 3.57. The van der Waals surface area contributed by atoms with E-state index in [2.05, 4.69) is 25.4 Å². The van der Waals surface area contributed by atoms with Crippen LogP contribution >= 0.6 is 0 Å². The molecule has 0 aromatic rings. The normalized spacial score (nSPS) is 19.9. The van der Waals surface area contributed by atoms with Gasteiger partial charge in [0, 0.05) is 52.4 Å². The number of carbonyl (C=O) groups excluding carboxylic acids is 2. The number of nitrogens with one attached hydrogen (secondary N) is 2. The van der Waals surface area contributed by atoms with Gasteiger partial charge in [0.25, 0.3) is 0 Å². The van der Waals surface area contributed by atoms with Crippen molar-refractivity contribution in [3.63, 3.8) is 0 Å². The lowest BCUT2D eigenvalue weighted by Gasteiger charge is -2.39. The van der Waals surface area contributed by atoms with E-state index in [1.165, 1.54) is 0 Å². The van der Waals surface area contributed by atoms with Crippen LogP contribution in [0.4, 0.5) is 0 Å². The zero-order valence-corrected chi connectivity index (χ0v) is 17.2. The number of carbonyl (C=O) groups is 2. The summed E-state index contributed by atoms with van der Waals surface area (Å²) in [5.74, 6) is 0.993. The Hall–Kier alpha value is -1.83. The Morgan fingerprint density at radius 2 is 1.63 bits per heavy atom. The molecular formula is C19H36N6O2. The highest BCUT2D eigenvalue weighted by atomic mass is 16.2. The van der Waals surface area contributed by atoms with E-state index in [-0.39, 0.29) is 24.4 Å². The third kappa shape index (κ3) is 6.37. The van der Waals surface area contributed by atoms with Crippen molar-refractivity contribution in [2.24, 2.45) is 4.99 Å². The second kappa shape index (κ2) is 11.1. The number of nitrogens with zero attached hydrogens (tertiary/aromatic N) is 4. The highest BCUT2D eigenvalue weighted by Crippen LogP contribution is 2.14. The smallest absolute Gasteiger partial charge is 0.241 e. The maximum atomic E-state index is 12.6. The predicted octanol–water partition coefficient (Wildman–Crippen LogP) is 0.107. The van der Waals surface area contributed by atoms with E-state index in [9.17, 15) is 9.59 Å². The lowest BCUT2D eigenvalue weighted by molar-refractivity contribution is -0.135. The fourth-order valence-corrected chi connectivity index (χ4v) is 3.57. The molecule has 0 aliphatic carbocycles. The van der Waals surface area contributed by atoms with Gasteiger partial charge in [-0.1, -0.05) is 6.92 Å². The Bertz CT molecular complexity index is 510. The van der Waals surface area contributed by atoms with Crippen LogP contribution in [0.15, 0.2) is 4.99 Å². The first-order chi connectivity index (χ1) is 13.1. The van der Waals surface area contributed by atoms with Gasteiger partial charge in [0.2, 0.25) is 11.8 Å². The first-order valence-corrected chi connectivity index (χ1v) is 10.4. The SMILES string of the molecule is CCCNC(=O)CN=C(NCC)N1CCN(C(C)C(=O)N2CCCC2)CC1. The second-order valence-corrected chi connectivity index (χ2v) is 7.25. The molecule has 1 atom stereocenters. The molecule has 0 bridgehead atoms. The highest BCUT2D eigenvalue weighted by molar-refractivity contribution is 5.85. The van der Waals surface area contributed by atoms with Gasteiger partial charge in [0.05, 0.1) is 6.04 Å². The maximum Gasteiger partial charge on any atom is 0.241 e. The Balaban J connectivity index is 1.85. The number of hydrogen-bond donors (Lipinski definition) is 2. The fraction of sp³-hybridized carbons (Fsp3) is 0.842. The first-order valence-electron chi connectivity index (χ1n) is 10.4. The van der Waals surface area contributed by atoms with Gasteiger partial charge in [-0.2, -0.15) is 0 Å². The number of hydrogen-bond acceptors (Lipinski definition) is 4. The van der Waals surface area contributed by atoms with Crippen molar-refractivity contribution in [1.82, 2.24) is 25.3 Å². The van der Waals surface area contributed by atoms with Gasteiger partial charge in [-0.15, -0.1) is 0 Å². The summed E-state index contributed by atoms with van der Waals surface area (Å²) in [7, 11) is 0. The molecule has 8 heteroatoms. The van der Waals surface area contributed by atoms with Crippen LogP contribution < -0.4 is 10.6 Å². The summed E-state index contributed by atoms with van der Waals surface area (Å²) in [4.78, 5) is 35.4. The van der Waals surface area contributed by atoms with Crippen LogP contribution in [-0.2, 0) is 9.59 Å². The number of rotatable bonds is 7. The van der Waals surface area contributed by atoms with Crippen molar-refractivity contribution in [1.29, 1.82) is 0 Å². The predicted molar refractivity (Wildman–Crippen MR) is 108 cm³/mol. The molecule has 0 aromatic carbocycles. The number of aliphatic imine (C=N–C) groups is 1. The molecule has 154 valence electrons. The van der Waals surface area contributed by atoms with E-state index in [0.29, 0.717) is 6.54 Å². The van der Waals surface area contributed by atoms with Crippen LogP contribution in [0.25, 0.3) is 0 Å². The van der Waals surface area contributed by atoms with Gasteiger partial charge < -0.3 is 20.4 Å². The lowest BCUT2D eigenvalue weighted by Crippen LogP contribution is -2.57. The molecule has 1 unspecified atom stereocenters. The largest absolute Gasteiger partial charge is 0.357 e. The quantitative estimate of drug-likeness (QED) is 0.484. The van der Waals surface area contributed by atoms with Crippen LogP contribution in [0, 0.1) is 0 Å². The van der Waals surface area contributed by atoms with Crippen LogP contribution in [0.2, 0.25) is 0 Å². The number of amides is 2. The Morgan fingerprint density at radius 1 is 0.963 bits per heavy atom. The van der Waals surface area contributed by atoms with E-state index in [1.54, 1.807) is 0 Å². The molecule has 2 fully saturated rings. The second-order valence-electron chi connectivity index (χ2n) is 7.25. The summed E-state index contributed by atoms with van der Waals surface area (Å²) < 4.78 is 0. The van der Waals surface area contributed by atoms with Gasteiger partial charge in [0.15, 0.2) is 5.96 Å². The number of guanidine groups is 1. The highest BCUT2D eigenvalue weighted by Gasteiger charge is 2.30. The standard InChI is InChI=1S/C19H36N6O2/c1-4-8-21-17(26)15-22-19(20-5-2)25-13-11-23(12-14-25)16(3)18(27)24-9-6-7-10-24/h16H,4-15H2,1-3H3,(H,20,22)(H,21,26). The molecule has 0 saturated carbocycles. The van der Waals surface area contributed by atoms with Crippen LogP contribution in [0.3, 0.4) is 0 Å². The summed E-state index contributed by atoms with van der Waals surface area (Å²) in [6, 6.07) is -0.0652. The van der Waals surface area contributed by atoms with Crippen molar-refractivity contribution in [2.45, 2.75) is 46.1 Å². The molecule has 27 heavy (non-hydrogen) atoms. The van der Waals surface area contributed by atoms with E-state index in [0.717, 1.165) is 71.0 Å². The van der Waals surface area contributed by atoms with Gasteiger partial charge >= 0.3 is 0 Å². The Morgan fingerprint density at radius 3 is 2.22 bits per heavy atom. The van der Waals surface area contributed by atoms with Gasteiger partial charge in [-0.3, -0.25) is 14.5 Å². The molecule has 0 aromatic heterocycles. The van der Waals surface area contributed by atoms with Crippen molar-refractivity contribution in [2.75, 3.05) is 58.9 Å². The van der Waals surface area contributed by atoms with Gasteiger partial charge in [-0.25, -0.2) is 4.99 Å². The van der Waals surface area contributed by atoms with Crippen molar-refractivity contribution in [3.8, 4) is 0 Å². The molecule has 2 amide bonds. The monoisotopic (exact) mass is 380 g/mol. The van der Waals surface area contributed by atoms with Crippen molar-refractivity contribution < 1.29 is 9.59 Å². The minimum atomic E-state index is -0.0652. The van der Waals surface area contributed by atoms with E-state index in [1.807, 2.05) is 25.7 Å². The maximum absolute atomic E-state index is 12.6. The average Bonchev–Trinajstić information content (AvgIpc) is 3.23. The molecule has 2 saturated heterocycles. The first kappa shape index (κ1) is 21.5. The summed E-state index contributed by atoms with van der Waals surface area (Å²) in [5, 5.41) is 6.13. The van der Waals surface area contributed by atoms with Gasteiger partial charge in [-0.05, 0) is 33.1 Å². The molecule has 2 N–H and O–H groups in total. The third-order valence-electron chi connectivity index (χ3n) is 5.22. The Kier molecular flexibility index (Phi) is 8.84. The molecule has 0 radical (unpaired) electrons. The van der Waals surface area contributed by atoms with Gasteiger partial charge in [0.1, 0.15) is 6.54 Å². The van der Waals surface area contributed by atoms with Crippen LogP contribution in [-0.4, -0.2) is 97.4 Å². The minimum absolute atomic E-state index is 0.0456. The number of likely N-dealkylation sites (tertiary alicyclic amines) is 1. The molecule has 8 nitrogen and oxygen atoms in total.